The predicted molar refractivity (Wildman–Crippen MR) is 83.8 cm³/mol. The van der Waals surface area contributed by atoms with Crippen molar-refractivity contribution < 1.29 is 14.3 Å². The van der Waals surface area contributed by atoms with E-state index in [1.807, 2.05) is 18.2 Å². The second kappa shape index (κ2) is 7.89. The van der Waals surface area contributed by atoms with Crippen molar-refractivity contribution in [2.24, 2.45) is 0 Å². The molecule has 1 saturated heterocycles. The van der Waals surface area contributed by atoms with Crippen molar-refractivity contribution in [1.82, 2.24) is 15.5 Å². The monoisotopic (exact) mass is 325 g/mol. The number of nitrogens with zero attached hydrogens (tertiary/aromatic N) is 1. The molecule has 0 aromatic heterocycles. The van der Waals surface area contributed by atoms with Crippen LogP contribution in [0.2, 0.25) is 5.02 Å². The third-order valence-corrected chi connectivity index (χ3v) is 3.96. The number of piperidine rings is 1. The van der Waals surface area contributed by atoms with Gasteiger partial charge in [0.2, 0.25) is 0 Å². The summed E-state index contributed by atoms with van der Waals surface area (Å²) < 4.78 is 4.71. The van der Waals surface area contributed by atoms with Gasteiger partial charge in [-0.2, -0.15) is 0 Å². The minimum absolute atomic E-state index is 0.0703. The van der Waals surface area contributed by atoms with Crippen LogP contribution in [-0.4, -0.2) is 43.3 Å². The predicted octanol–water partition coefficient (Wildman–Crippen LogP) is 2.37. The van der Waals surface area contributed by atoms with Crippen molar-refractivity contribution in [3.05, 3.63) is 34.9 Å². The number of hydrogen-bond donors (Lipinski definition) is 2. The molecule has 1 aromatic rings. The molecular formula is C15H20ClN3O3. The minimum Gasteiger partial charge on any atom is -0.453 e. The topological polar surface area (TPSA) is 70.7 Å². The molecule has 0 spiro atoms. The molecule has 1 atom stereocenters. The van der Waals surface area contributed by atoms with E-state index in [0.717, 1.165) is 18.4 Å². The van der Waals surface area contributed by atoms with E-state index in [-0.39, 0.29) is 18.2 Å². The van der Waals surface area contributed by atoms with Crippen LogP contribution in [0, 0.1) is 0 Å². The lowest BCUT2D eigenvalue weighted by Crippen LogP contribution is -2.51. The molecule has 0 radical (unpaired) electrons. The van der Waals surface area contributed by atoms with E-state index < -0.39 is 0 Å². The maximum Gasteiger partial charge on any atom is 0.409 e. The Labute approximate surface area is 134 Å². The van der Waals surface area contributed by atoms with Crippen molar-refractivity contribution in [2.75, 3.05) is 20.2 Å². The second-order valence-corrected chi connectivity index (χ2v) is 5.58. The molecule has 0 saturated carbocycles. The Bertz CT molecular complexity index is 539. The summed E-state index contributed by atoms with van der Waals surface area (Å²) >= 11 is 6.04. The van der Waals surface area contributed by atoms with E-state index in [0.29, 0.717) is 24.7 Å². The van der Waals surface area contributed by atoms with E-state index >= 15 is 0 Å². The molecule has 0 bridgehead atoms. The highest BCUT2D eigenvalue weighted by atomic mass is 35.5. The standard InChI is InChI=1S/C15H20ClN3O3/c1-22-15(21)19-8-4-6-12(10-19)18-14(20)17-9-11-5-2-3-7-13(11)16/h2-3,5,7,12H,4,6,8-10H2,1H3,(H2,17,18,20). The Morgan fingerprint density at radius 2 is 2.18 bits per heavy atom. The lowest BCUT2D eigenvalue weighted by molar-refractivity contribution is 0.108. The zero-order valence-electron chi connectivity index (χ0n) is 12.5. The average Bonchev–Trinajstić information content (AvgIpc) is 2.53. The molecule has 2 rings (SSSR count). The molecule has 0 aliphatic carbocycles. The van der Waals surface area contributed by atoms with E-state index in [1.54, 1.807) is 11.0 Å². The average molecular weight is 326 g/mol. The number of amides is 3. The summed E-state index contributed by atoms with van der Waals surface area (Å²) in [7, 11) is 1.36. The van der Waals surface area contributed by atoms with Gasteiger partial charge in [-0.25, -0.2) is 9.59 Å². The molecule has 2 N–H and O–H groups in total. The van der Waals surface area contributed by atoms with Crippen molar-refractivity contribution in [2.45, 2.75) is 25.4 Å². The fourth-order valence-corrected chi connectivity index (χ4v) is 2.65. The van der Waals surface area contributed by atoms with Gasteiger partial charge < -0.3 is 20.3 Å². The number of rotatable bonds is 3. The third kappa shape index (κ3) is 4.53. The molecule has 1 fully saturated rings. The number of hydrogen-bond acceptors (Lipinski definition) is 3. The summed E-state index contributed by atoms with van der Waals surface area (Å²) in [6.45, 7) is 1.48. The first-order chi connectivity index (χ1) is 10.6. The van der Waals surface area contributed by atoms with Gasteiger partial charge in [0.15, 0.2) is 0 Å². The van der Waals surface area contributed by atoms with Crippen molar-refractivity contribution in [3.8, 4) is 0 Å². The van der Waals surface area contributed by atoms with Gasteiger partial charge in [0.25, 0.3) is 0 Å². The van der Waals surface area contributed by atoms with E-state index in [9.17, 15) is 9.59 Å². The van der Waals surface area contributed by atoms with Crippen molar-refractivity contribution in [1.29, 1.82) is 0 Å². The van der Waals surface area contributed by atoms with Gasteiger partial charge in [0.05, 0.1) is 7.11 Å². The Hall–Kier alpha value is -1.95. The number of carbonyl (C=O) groups excluding carboxylic acids is 2. The van der Waals surface area contributed by atoms with Gasteiger partial charge in [0.1, 0.15) is 0 Å². The number of methoxy groups -OCH3 is 1. The third-order valence-electron chi connectivity index (χ3n) is 3.59. The smallest absolute Gasteiger partial charge is 0.409 e. The van der Waals surface area contributed by atoms with Gasteiger partial charge in [-0.15, -0.1) is 0 Å². The maximum atomic E-state index is 11.9. The molecule has 1 aliphatic rings. The largest absolute Gasteiger partial charge is 0.453 e. The maximum absolute atomic E-state index is 11.9. The van der Waals surface area contributed by atoms with Crippen LogP contribution >= 0.6 is 11.6 Å². The summed E-state index contributed by atoms with van der Waals surface area (Å²) in [5, 5.41) is 6.27. The van der Waals surface area contributed by atoms with Crippen molar-refractivity contribution in [3.63, 3.8) is 0 Å². The molecule has 1 unspecified atom stereocenters. The van der Waals surface area contributed by atoms with Crippen LogP contribution < -0.4 is 10.6 Å². The van der Waals surface area contributed by atoms with Crippen LogP contribution in [0.1, 0.15) is 18.4 Å². The van der Waals surface area contributed by atoms with Crippen LogP contribution in [0.4, 0.5) is 9.59 Å². The van der Waals surface area contributed by atoms with Gasteiger partial charge in [-0.3, -0.25) is 0 Å². The Morgan fingerprint density at radius 3 is 2.91 bits per heavy atom. The highest BCUT2D eigenvalue weighted by Crippen LogP contribution is 2.14. The number of ether oxygens (including phenoxy) is 1. The molecule has 7 heteroatoms. The molecule has 1 heterocycles. The summed E-state index contributed by atoms with van der Waals surface area (Å²) in [6.07, 6.45) is 1.32. The zero-order valence-corrected chi connectivity index (χ0v) is 13.2. The number of benzene rings is 1. The Morgan fingerprint density at radius 1 is 1.41 bits per heavy atom. The number of likely N-dealkylation sites (tertiary alicyclic amines) is 1. The number of halogens is 1. The molecule has 1 aromatic carbocycles. The SMILES string of the molecule is COC(=O)N1CCCC(NC(=O)NCc2ccccc2Cl)C1. The first-order valence-corrected chi connectivity index (χ1v) is 7.58. The van der Waals surface area contributed by atoms with Gasteiger partial charge in [-0.1, -0.05) is 29.8 Å². The fourth-order valence-electron chi connectivity index (χ4n) is 2.44. The summed E-state index contributed by atoms with van der Waals surface area (Å²) in [6, 6.07) is 7.02. The molecular weight excluding hydrogens is 306 g/mol. The molecule has 6 nitrogen and oxygen atoms in total. The minimum atomic E-state index is -0.358. The van der Waals surface area contributed by atoms with Crippen LogP contribution in [-0.2, 0) is 11.3 Å². The highest BCUT2D eigenvalue weighted by molar-refractivity contribution is 6.31. The summed E-state index contributed by atoms with van der Waals surface area (Å²) in [5.74, 6) is 0. The highest BCUT2D eigenvalue weighted by Gasteiger charge is 2.25. The molecule has 3 amide bonds. The molecule has 120 valence electrons. The lowest BCUT2D eigenvalue weighted by atomic mass is 10.1. The van der Waals surface area contributed by atoms with Gasteiger partial charge in [0, 0.05) is 30.7 Å². The summed E-state index contributed by atoms with van der Waals surface area (Å²) in [4.78, 5) is 25.0. The van der Waals surface area contributed by atoms with Gasteiger partial charge >= 0.3 is 12.1 Å². The number of carbonyl (C=O) groups is 2. The van der Waals surface area contributed by atoms with E-state index in [1.165, 1.54) is 7.11 Å². The van der Waals surface area contributed by atoms with Gasteiger partial charge in [-0.05, 0) is 24.5 Å². The molecule has 1 aliphatic heterocycles. The Balaban J connectivity index is 1.79. The number of urea groups is 1. The van der Waals surface area contributed by atoms with Crippen LogP contribution in [0.15, 0.2) is 24.3 Å². The number of nitrogens with one attached hydrogen (secondary N) is 2. The van der Waals surface area contributed by atoms with E-state index in [2.05, 4.69) is 10.6 Å². The first-order valence-electron chi connectivity index (χ1n) is 7.21. The lowest BCUT2D eigenvalue weighted by Gasteiger charge is -2.32. The second-order valence-electron chi connectivity index (χ2n) is 5.17. The van der Waals surface area contributed by atoms with E-state index in [4.69, 9.17) is 16.3 Å². The van der Waals surface area contributed by atoms with Crippen molar-refractivity contribution >= 4 is 23.7 Å². The first kappa shape index (κ1) is 16.4. The quantitative estimate of drug-likeness (QED) is 0.896. The fraction of sp³-hybridized carbons (Fsp3) is 0.467. The van der Waals surface area contributed by atoms with Crippen LogP contribution in [0.25, 0.3) is 0 Å². The molecule has 22 heavy (non-hydrogen) atoms. The zero-order chi connectivity index (χ0) is 15.9. The van der Waals surface area contributed by atoms with Crippen LogP contribution in [0.3, 0.4) is 0 Å². The Kier molecular flexibility index (Phi) is 5.89. The summed E-state index contributed by atoms with van der Waals surface area (Å²) in [5.41, 5.74) is 0.860. The van der Waals surface area contributed by atoms with Crippen LogP contribution in [0.5, 0.6) is 0 Å². The normalized spacial score (nSPS) is 17.7.